The van der Waals surface area contributed by atoms with E-state index in [0.29, 0.717) is 6.04 Å². The van der Waals surface area contributed by atoms with Gasteiger partial charge >= 0.3 is 0 Å². The first-order valence-corrected chi connectivity index (χ1v) is 8.18. The van der Waals surface area contributed by atoms with Crippen LogP contribution in [0.25, 0.3) is 0 Å². The molecule has 1 rings (SSSR count). The molecule has 1 fully saturated rings. The largest absolute Gasteiger partial charge is 0.381 e. The fourth-order valence-electron chi connectivity index (χ4n) is 2.76. The third kappa shape index (κ3) is 7.38. The van der Waals surface area contributed by atoms with E-state index in [2.05, 4.69) is 19.2 Å². The molecular formula is C16H33NO. The van der Waals surface area contributed by atoms with Crippen molar-refractivity contribution in [1.82, 2.24) is 5.32 Å². The van der Waals surface area contributed by atoms with Gasteiger partial charge in [-0.1, -0.05) is 46.0 Å². The highest BCUT2D eigenvalue weighted by Crippen LogP contribution is 2.17. The van der Waals surface area contributed by atoms with Crippen LogP contribution in [0.5, 0.6) is 0 Å². The molecule has 0 amide bonds. The Bertz CT molecular complexity index is 178. The molecule has 1 N–H and O–H groups in total. The molecule has 0 spiro atoms. The Balaban J connectivity index is 2.16. The van der Waals surface area contributed by atoms with E-state index in [-0.39, 0.29) is 0 Å². The van der Waals surface area contributed by atoms with E-state index in [1.165, 1.54) is 64.3 Å². The summed E-state index contributed by atoms with van der Waals surface area (Å²) in [5.41, 5.74) is 0. The zero-order valence-electron chi connectivity index (χ0n) is 12.5. The van der Waals surface area contributed by atoms with Crippen LogP contribution in [0.2, 0.25) is 0 Å². The highest BCUT2D eigenvalue weighted by Gasteiger charge is 2.15. The SMILES string of the molecule is CCCCCC(CCCC)CNC1CCOCC1. The van der Waals surface area contributed by atoms with Gasteiger partial charge in [-0.05, 0) is 38.1 Å². The van der Waals surface area contributed by atoms with Crippen LogP contribution in [0.15, 0.2) is 0 Å². The predicted octanol–water partition coefficient (Wildman–Crippen LogP) is 4.14. The first kappa shape index (κ1) is 16.0. The average molecular weight is 255 g/mol. The van der Waals surface area contributed by atoms with Gasteiger partial charge in [0.05, 0.1) is 0 Å². The molecule has 1 heterocycles. The van der Waals surface area contributed by atoms with Gasteiger partial charge < -0.3 is 10.1 Å². The zero-order valence-corrected chi connectivity index (χ0v) is 12.5. The van der Waals surface area contributed by atoms with Crippen LogP contribution in [0.4, 0.5) is 0 Å². The molecule has 0 aromatic rings. The van der Waals surface area contributed by atoms with Crippen LogP contribution >= 0.6 is 0 Å². The molecular weight excluding hydrogens is 222 g/mol. The minimum atomic E-state index is 0.717. The molecule has 108 valence electrons. The Morgan fingerprint density at radius 2 is 1.67 bits per heavy atom. The van der Waals surface area contributed by atoms with E-state index in [0.717, 1.165) is 19.1 Å². The van der Waals surface area contributed by atoms with Gasteiger partial charge in [-0.15, -0.1) is 0 Å². The highest BCUT2D eigenvalue weighted by molar-refractivity contribution is 4.72. The van der Waals surface area contributed by atoms with Gasteiger partial charge in [-0.2, -0.15) is 0 Å². The van der Waals surface area contributed by atoms with E-state index >= 15 is 0 Å². The number of ether oxygens (including phenoxy) is 1. The second-order valence-electron chi connectivity index (χ2n) is 5.80. The molecule has 0 aliphatic carbocycles. The molecule has 0 aromatic carbocycles. The van der Waals surface area contributed by atoms with Crippen LogP contribution in [0, 0.1) is 5.92 Å². The molecule has 1 saturated heterocycles. The van der Waals surface area contributed by atoms with Crippen molar-refractivity contribution in [1.29, 1.82) is 0 Å². The number of nitrogens with one attached hydrogen (secondary N) is 1. The molecule has 1 unspecified atom stereocenters. The number of unbranched alkanes of at least 4 members (excludes halogenated alkanes) is 3. The molecule has 18 heavy (non-hydrogen) atoms. The Labute approximate surface area is 114 Å². The maximum atomic E-state index is 5.41. The van der Waals surface area contributed by atoms with E-state index < -0.39 is 0 Å². The summed E-state index contributed by atoms with van der Waals surface area (Å²) >= 11 is 0. The fourth-order valence-corrected chi connectivity index (χ4v) is 2.76. The second-order valence-corrected chi connectivity index (χ2v) is 5.80. The summed E-state index contributed by atoms with van der Waals surface area (Å²) in [6, 6.07) is 0.717. The lowest BCUT2D eigenvalue weighted by atomic mass is 9.94. The van der Waals surface area contributed by atoms with Crippen molar-refractivity contribution in [3.05, 3.63) is 0 Å². The van der Waals surface area contributed by atoms with Gasteiger partial charge in [0.2, 0.25) is 0 Å². The maximum Gasteiger partial charge on any atom is 0.0480 e. The zero-order chi connectivity index (χ0) is 13.1. The first-order valence-electron chi connectivity index (χ1n) is 8.18. The van der Waals surface area contributed by atoms with Crippen LogP contribution < -0.4 is 5.32 Å². The molecule has 1 aliphatic heterocycles. The summed E-state index contributed by atoms with van der Waals surface area (Å²) in [6.45, 7) is 7.73. The molecule has 1 atom stereocenters. The summed E-state index contributed by atoms with van der Waals surface area (Å²) in [5.74, 6) is 0.902. The molecule has 0 radical (unpaired) electrons. The van der Waals surface area contributed by atoms with Crippen molar-refractivity contribution in [2.75, 3.05) is 19.8 Å². The van der Waals surface area contributed by atoms with Gasteiger partial charge in [0.1, 0.15) is 0 Å². The smallest absolute Gasteiger partial charge is 0.0480 e. The third-order valence-corrected chi connectivity index (χ3v) is 4.10. The van der Waals surface area contributed by atoms with E-state index in [9.17, 15) is 0 Å². The fraction of sp³-hybridized carbons (Fsp3) is 1.00. The summed E-state index contributed by atoms with van der Waals surface area (Å²) in [5, 5.41) is 3.78. The second kappa shape index (κ2) is 10.8. The maximum absolute atomic E-state index is 5.41. The van der Waals surface area contributed by atoms with E-state index in [1.54, 1.807) is 0 Å². The first-order chi connectivity index (χ1) is 8.86. The highest BCUT2D eigenvalue weighted by atomic mass is 16.5. The minimum absolute atomic E-state index is 0.717. The number of hydrogen-bond donors (Lipinski definition) is 1. The molecule has 2 heteroatoms. The Hall–Kier alpha value is -0.0800. The predicted molar refractivity (Wildman–Crippen MR) is 79.0 cm³/mol. The van der Waals surface area contributed by atoms with Crippen molar-refractivity contribution in [3.8, 4) is 0 Å². The van der Waals surface area contributed by atoms with E-state index in [4.69, 9.17) is 4.74 Å². The lowest BCUT2D eigenvalue weighted by Gasteiger charge is -2.26. The molecule has 0 saturated carbocycles. The molecule has 0 aromatic heterocycles. The number of hydrogen-bond acceptors (Lipinski definition) is 2. The summed E-state index contributed by atoms with van der Waals surface area (Å²) in [7, 11) is 0. The topological polar surface area (TPSA) is 21.3 Å². The standard InChI is InChI=1S/C16H33NO/c1-3-5-7-9-15(8-6-4-2)14-17-16-10-12-18-13-11-16/h15-17H,3-14H2,1-2H3. The molecule has 0 bridgehead atoms. The van der Waals surface area contributed by atoms with Crippen molar-refractivity contribution < 1.29 is 4.74 Å². The monoisotopic (exact) mass is 255 g/mol. The summed E-state index contributed by atoms with van der Waals surface area (Å²) in [6.07, 6.45) is 12.1. The van der Waals surface area contributed by atoms with Crippen LogP contribution in [0.3, 0.4) is 0 Å². The minimum Gasteiger partial charge on any atom is -0.381 e. The lowest BCUT2D eigenvalue weighted by Crippen LogP contribution is -2.37. The van der Waals surface area contributed by atoms with Gasteiger partial charge in [-0.3, -0.25) is 0 Å². The summed E-state index contributed by atoms with van der Waals surface area (Å²) in [4.78, 5) is 0. The Morgan fingerprint density at radius 3 is 2.33 bits per heavy atom. The van der Waals surface area contributed by atoms with Crippen molar-refractivity contribution in [2.45, 2.75) is 77.7 Å². The molecule has 2 nitrogen and oxygen atoms in total. The quantitative estimate of drug-likeness (QED) is 0.592. The van der Waals surface area contributed by atoms with Crippen LogP contribution in [0.1, 0.15) is 71.6 Å². The molecule has 1 aliphatic rings. The van der Waals surface area contributed by atoms with Crippen LogP contribution in [-0.2, 0) is 4.74 Å². The van der Waals surface area contributed by atoms with Gasteiger partial charge in [-0.25, -0.2) is 0 Å². The average Bonchev–Trinajstić information content (AvgIpc) is 2.42. The third-order valence-electron chi connectivity index (χ3n) is 4.10. The van der Waals surface area contributed by atoms with Gasteiger partial charge in [0, 0.05) is 19.3 Å². The van der Waals surface area contributed by atoms with E-state index in [1.807, 2.05) is 0 Å². The van der Waals surface area contributed by atoms with Gasteiger partial charge in [0.15, 0.2) is 0 Å². The van der Waals surface area contributed by atoms with Crippen molar-refractivity contribution in [2.24, 2.45) is 5.92 Å². The van der Waals surface area contributed by atoms with Crippen molar-refractivity contribution in [3.63, 3.8) is 0 Å². The lowest BCUT2D eigenvalue weighted by molar-refractivity contribution is 0.0766. The summed E-state index contributed by atoms with van der Waals surface area (Å²) < 4.78 is 5.41. The normalized spacial score (nSPS) is 19.0. The Kier molecular flexibility index (Phi) is 9.59. The Morgan fingerprint density at radius 1 is 1.00 bits per heavy atom. The number of rotatable bonds is 10. The van der Waals surface area contributed by atoms with Gasteiger partial charge in [0.25, 0.3) is 0 Å². The van der Waals surface area contributed by atoms with Crippen LogP contribution in [-0.4, -0.2) is 25.8 Å². The van der Waals surface area contributed by atoms with Crippen molar-refractivity contribution >= 4 is 0 Å².